The Morgan fingerprint density at radius 1 is 1.00 bits per heavy atom. The van der Waals surface area contributed by atoms with Gasteiger partial charge in [-0.25, -0.2) is 8.42 Å². The van der Waals surface area contributed by atoms with Crippen LogP contribution in [-0.2, 0) is 16.3 Å². The van der Waals surface area contributed by atoms with Crippen LogP contribution in [0.5, 0.6) is 5.75 Å². The van der Waals surface area contributed by atoms with E-state index >= 15 is 0 Å². The summed E-state index contributed by atoms with van der Waals surface area (Å²) in [6.07, 6.45) is 1.83. The summed E-state index contributed by atoms with van der Waals surface area (Å²) in [5.41, 5.74) is 2.13. The fourth-order valence-corrected chi connectivity index (χ4v) is 6.74. The lowest BCUT2D eigenvalue weighted by Gasteiger charge is -2.31. The Bertz CT molecular complexity index is 1090. The van der Waals surface area contributed by atoms with Crippen molar-refractivity contribution in [2.75, 3.05) is 39.5 Å². The molecule has 0 spiro atoms. The summed E-state index contributed by atoms with van der Waals surface area (Å²) in [4.78, 5) is 5.26. The van der Waals surface area contributed by atoms with E-state index < -0.39 is 9.84 Å². The Morgan fingerprint density at radius 3 is 2.26 bits per heavy atom. The minimum Gasteiger partial charge on any atom is -0.484 e. The van der Waals surface area contributed by atoms with Crippen LogP contribution in [-0.4, -0.2) is 63.7 Å². The summed E-state index contributed by atoms with van der Waals surface area (Å²) >= 11 is 12.9. The molecule has 2 saturated heterocycles. The van der Waals surface area contributed by atoms with E-state index in [-0.39, 0.29) is 17.0 Å². The van der Waals surface area contributed by atoms with Crippen LogP contribution < -0.4 is 4.74 Å². The summed E-state index contributed by atoms with van der Waals surface area (Å²) in [5.74, 6) is 2.04. The third-order valence-corrected chi connectivity index (χ3v) is 8.63. The molecule has 31 heavy (non-hydrogen) atoms. The zero-order valence-electron chi connectivity index (χ0n) is 17.6. The van der Waals surface area contributed by atoms with E-state index in [1.165, 1.54) is 6.26 Å². The van der Waals surface area contributed by atoms with Gasteiger partial charge in [-0.15, -0.1) is 0 Å². The van der Waals surface area contributed by atoms with Gasteiger partial charge in [-0.3, -0.25) is 4.90 Å². The van der Waals surface area contributed by atoms with Crippen molar-refractivity contribution in [1.29, 1.82) is 0 Å². The Balaban J connectivity index is 1.45. The maximum atomic E-state index is 11.8. The first-order valence-electron chi connectivity index (χ1n) is 10.6. The van der Waals surface area contributed by atoms with E-state index in [2.05, 4.69) is 16.8 Å². The van der Waals surface area contributed by atoms with E-state index in [1.807, 2.05) is 6.07 Å². The molecule has 5 rings (SSSR count). The van der Waals surface area contributed by atoms with Crippen LogP contribution in [0.15, 0.2) is 41.3 Å². The van der Waals surface area contributed by atoms with E-state index in [9.17, 15) is 8.42 Å². The molecule has 2 aromatic rings. The Labute approximate surface area is 193 Å². The minimum absolute atomic E-state index is 0.177. The fraction of sp³-hybridized carbons (Fsp3) is 0.478. The summed E-state index contributed by atoms with van der Waals surface area (Å²) in [7, 11) is -1.05. The third kappa shape index (κ3) is 4.09. The molecule has 1 aliphatic carbocycles. The van der Waals surface area contributed by atoms with Crippen LogP contribution in [0.3, 0.4) is 0 Å². The Hall–Kier alpha value is -1.31. The van der Waals surface area contributed by atoms with Crippen molar-refractivity contribution in [3.8, 4) is 5.75 Å². The summed E-state index contributed by atoms with van der Waals surface area (Å²) in [6, 6.07) is 10.6. The fourth-order valence-electron chi connectivity index (χ4n) is 5.53. The first-order chi connectivity index (χ1) is 14.7. The highest BCUT2D eigenvalue weighted by atomic mass is 35.5. The van der Waals surface area contributed by atoms with Crippen molar-refractivity contribution in [2.45, 2.75) is 23.5 Å². The lowest BCUT2D eigenvalue weighted by molar-refractivity contribution is 0.0863. The van der Waals surface area contributed by atoms with Gasteiger partial charge in [0.25, 0.3) is 0 Å². The van der Waals surface area contributed by atoms with Gasteiger partial charge in [0, 0.05) is 48.0 Å². The first kappa shape index (κ1) is 21.5. The van der Waals surface area contributed by atoms with Gasteiger partial charge in [0.15, 0.2) is 9.84 Å². The Morgan fingerprint density at radius 2 is 1.65 bits per heavy atom. The maximum absolute atomic E-state index is 11.8. The van der Waals surface area contributed by atoms with Crippen molar-refractivity contribution in [2.24, 2.45) is 11.8 Å². The van der Waals surface area contributed by atoms with E-state index in [4.69, 9.17) is 27.9 Å². The SMILES string of the molecule is CN1C[C@@H]2CN([C@H]3Cc4c(Cl)cc(Cl)cc4[C@@H]3Oc3ccc(S(C)(=O)=O)cc3)C[C@@H]2C1. The Kier molecular flexibility index (Phi) is 5.50. The largest absolute Gasteiger partial charge is 0.484 e. The number of fused-ring (bicyclic) bond motifs is 2. The number of halogens is 2. The van der Waals surface area contributed by atoms with Crippen LogP contribution >= 0.6 is 23.2 Å². The van der Waals surface area contributed by atoms with E-state index in [1.54, 1.807) is 30.3 Å². The van der Waals surface area contributed by atoms with Crippen LogP contribution in [0.2, 0.25) is 10.0 Å². The molecule has 0 aromatic heterocycles. The van der Waals surface area contributed by atoms with Gasteiger partial charge in [-0.05, 0) is 67.3 Å². The number of hydrogen-bond acceptors (Lipinski definition) is 5. The number of benzene rings is 2. The highest BCUT2D eigenvalue weighted by Crippen LogP contribution is 2.45. The van der Waals surface area contributed by atoms with Crippen molar-refractivity contribution in [3.63, 3.8) is 0 Å². The molecule has 0 amide bonds. The molecule has 0 saturated carbocycles. The molecule has 3 aliphatic rings. The van der Waals surface area contributed by atoms with Crippen molar-refractivity contribution < 1.29 is 13.2 Å². The third-order valence-electron chi connectivity index (χ3n) is 6.95. The molecule has 4 atom stereocenters. The van der Waals surface area contributed by atoms with Crippen molar-refractivity contribution >= 4 is 33.0 Å². The van der Waals surface area contributed by atoms with Gasteiger partial charge in [0.2, 0.25) is 0 Å². The standard InChI is InChI=1S/C23H26Cl2N2O3S/c1-26-10-14-12-27(13-15(14)11-26)22-9-19-20(7-16(24)8-21(19)25)23(22)30-17-3-5-18(6-4-17)31(2,28)29/h3-8,14-15,22-23H,9-13H2,1-2H3/t14-,15+,22-,23-/m0/s1. The number of rotatable bonds is 4. The summed E-state index contributed by atoms with van der Waals surface area (Å²) in [6.45, 7) is 4.41. The van der Waals surface area contributed by atoms with E-state index in [0.717, 1.165) is 43.7 Å². The molecular formula is C23H26Cl2N2O3S. The monoisotopic (exact) mass is 480 g/mol. The second kappa shape index (κ2) is 7.92. The second-order valence-corrected chi connectivity index (χ2v) is 12.1. The lowest BCUT2D eigenvalue weighted by Crippen LogP contribution is -2.40. The van der Waals surface area contributed by atoms with Gasteiger partial charge < -0.3 is 9.64 Å². The number of ether oxygens (including phenoxy) is 1. The molecule has 0 radical (unpaired) electrons. The highest BCUT2D eigenvalue weighted by Gasteiger charge is 2.46. The van der Waals surface area contributed by atoms with Crippen molar-refractivity contribution in [3.05, 3.63) is 57.6 Å². The van der Waals surface area contributed by atoms with Gasteiger partial charge in [-0.1, -0.05) is 23.2 Å². The zero-order chi connectivity index (χ0) is 21.9. The molecule has 0 unspecified atom stereocenters. The predicted octanol–water partition coefficient (Wildman–Crippen LogP) is 3.94. The number of nitrogens with zero attached hydrogens (tertiary/aromatic N) is 2. The molecule has 166 valence electrons. The molecule has 0 bridgehead atoms. The topological polar surface area (TPSA) is 49.9 Å². The van der Waals surface area contributed by atoms with Crippen LogP contribution in [0.4, 0.5) is 0 Å². The van der Waals surface area contributed by atoms with Gasteiger partial charge in [0.1, 0.15) is 11.9 Å². The van der Waals surface area contributed by atoms with Gasteiger partial charge >= 0.3 is 0 Å². The average molecular weight is 481 g/mol. The smallest absolute Gasteiger partial charge is 0.175 e. The second-order valence-electron chi connectivity index (χ2n) is 9.20. The maximum Gasteiger partial charge on any atom is 0.175 e. The normalized spacial score (nSPS) is 28.6. The number of hydrogen-bond donors (Lipinski definition) is 0. The average Bonchev–Trinajstić information content (AvgIpc) is 3.33. The van der Waals surface area contributed by atoms with Gasteiger partial charge in [0.05, 0.1) is 10.9 Å². The minimum atomic E-state index is -3.25. The highest BCUT2D eigenvalue weighted by molar-refractivity contribution is 7.90. The number of sulfone groups is 1. The van der Waals surface area contributed by atoms with Gasteiger partial charge in [-0.2, -0.15) is 0 Å². The quantitative estimate of drug-likeness (QED) is 0.663. The molecular weight excluding hydrogens is 455 g/mol. The van der Waals surface area contributed by atoms with E-state index in [0.29, 0.717) is 27.6 Å². The van der Waals surface area contributed by atoms with Crippen molar-refractivity contribution in [1.82, 2.24) is 9.80 Å². The molecule has 2 aliphatic heterocycles. The molecule has 2 fully saturated rings. The van der Waals surface area contributed by atoms with Crippen LogP contribution in [0.25, 0.3) is 0 Å². The van der Waals surface area contributed by atoms with Crippen LogP contribution in [0.1, 0.15) is 17.2 Å². The number of likely N-dealkylation sites (tertiary alicyclic amines) is 2. The molecule has 8 heteroatoms. The lowest BCUT2D eigenvalue weighted by atomic mass is 10.0. The molecule has 5 nitrogen and oxygen atoms in total. The summed E-state index contributed by atoms with van der Waals surface area (Å²) in [5, 5.41) is 1.29. The molecule has 0 N–H and O–H groups in total. The van der Waals surface area contributed by atoms with Crippen LogP contribution in [0, 0.1) is 11.8 Å². The molecule has 2 heterocycles. The zero-order valence-corrected chi connectivity index (χ0v) is 19.9. The predicted molar refractivity (Wildman–Crippen MR) is 123 cm³/mol. The summed E-state index contributed by atoms with van der Waals surface area (Å²) < 4.78 is 30.1. The first-order valence-corrected chi connectivity index (χ1v) is 13.2. The molecule has 2 aromatic carbocycles.